The van der Waals surface area contributed by atoms with E-state index >= 15 is 0 Å². The zero-order chi connectivity index (χ0) is 20.7. The van der Waals surface area contributed by atoms with E-state index in [1.807, 2.05) is 0 Å². The van der Waals surface area contributed by atoms with Crippen molar-refractivity contribution in [1.82, 2.24) is 20.1 Å². The lowest BCUT2D eigenvalue weighted by molar-refractivity contribution is 0.0944. The summed E-state index contributed by atoms with van der Waals surface area (Å²) < 4.78 is 1.54. The van der Waals surface area contributed by atoms with Crippen LogP contribution in [0, 0.1) is 0 Å². The van der Waals surface area contributed by atoms with Crippen LogP contribution in [0.15, 0.2) is 29.1 Å². The molecule has 1 atom stereocenters. The molecule has 1 saturated carbocycles. The number of hydrogen-bond acceptors (Lipinski definition) is 4. The largest absolute Gasteiger partial charge is 0.388 e. The Bertz CT molecular complexity index is 1150. The van der Waals surface area contributed by atoms with Crippen LogP contribution in [0.5, 0.6) is 0 Å². The monoisotopic (exact) mass is 434 g/mol. The van der Waals surface area contributed by atoms with Crippen LogP contribution in [0.1, 0.15) is 52.9 Å². The molecule has 1 aliphatic rings. The molecule has 1 amide bonds. The normalized spacial score (nSPS) is 14.9. The van der Waals surface area contributed by atoms with Gasteiger partial charge in [-0.15, -0.1) is 0 Å². The van der Waals surface area contributed by atoms with Gasteiger partial charge >= 0.3 is 0 Å². The van der Waals surface area contributed by atoms with Crippen molar-refractivity contribution in [1.29, 1.82) is 0 Å². The fourth-order valence-electron chi connectivity index (χ4n) is 3.35. The van der Waals surface area contributed by atoms with Gasteiger partial charge in [-0.2, -0.15) is 0 Å². The van der Waals surface area contributed by atoms with Gasteiger partial charge in [-0.3, -0.25) is 19.4 Å². The lowest BCUT2D eigenvalue weighted by Crippen LogP contribution is -2.27. The Morgan fingerprint density at radius 1 is 1.34 bits per heavy atom. The first-order valence-electron chi connectivity index (χ1n) is 9.36. The molecule has 2 aromatic heterocycles. The third kappa shape index (κ3) is 4.03. The number of H-pyrrole nitrogens is 1. The highest BCUT2D eigenvalue weighted by Crippen LogP contribution is 2.40. The molecule has 152 valence electrons. The van der Waals surface area contributed by atoms with E-state index in [0.717, 1.165) is 18.5 Å². The summed E-state index contributed by atoms with van der Waals surface area (Å²) in [5, 5.41) is 16.8. The Morgan fingerprint density at radius 2 is 2.10 bits per heavy atom. The molecule has 0 saturated heterocycles. The quantitative estimate of drug-likeness (QED) is 0.553. The third-order valence-electron chi connectivity index (χ3n) is 5.11. The van der Waals surface area contributed by atoms with Crippen molar-refractivity contribution < 1.29 is 9.90 Å². The number of hydrogen-bond donors (Lipinski definition) is 3. The fraction of sp³-hybridized carbons (Fsp3) is 0.350. The van der Waals surface area contributed by atoms with Crippen LogP contribution >= 0.6 is 23.2 Å². The molecule has 1 aromatic carbocycles. The lowest BCUT2D eigenvalue weighted by Gasteiger charge is -2.13. The van der Waals surface area contributed by atoms with Crippen molar-refractivity contribution in [2.24, 2.45) is 7.05 Å². The van der Waals surface area contributed by atoms with E-state index < -0.39 is 6.10 Å². The van der Waals surface area contributed by atoms with E-state index in [2.05, 4.69) is 15.4 Å². The predicted molar refractivity (Wildman–Crippen MR) is 112 cm³/mol. The number of halogens is 2. The minimum Gasteiger partial charge on any atom is -0.388 e. The number of nitrogens with one attached hydrogen (secondary N) is 2. The summed E-state index contributed by atoms with van der Waals surface area (Å²) in [7, 11) is 1.70. The molecule has 1 aliphatic carbocycles. The van der Waals surface area contributed by atoms with Crippen molar-refractivity contribution in [2.75, 3.05) is 6.54 Å². The number of fused-ring (bicyclic) bond motifs is 1. The highest BCUT2D eigenvalue weighted by atomic mass is 35.5. The number of aryl methyl sites for hydroxylation is 1. The summed E-state index contributed by atoms with van der Waals surface area (Å²) in [5.74, 6) is -0.0234. The van der Waals surface area contributed by atoms with Crippen LogP contribution in [-0.2, 0) is 7.05 Å². The van der Waals surface area contributed by atoms with Crippen LogP contribution in [0.3, 0.4) is 0 Å². The number of rotatable bonds is 6. The molecular weight excluding hydrogens is 415 g/mol. The Hall–Kier alpha value is -2.35. The molecule has 1 unspecified atom stereocenters. The highest BCUT2D eigenvalue weighted by Gasteiger charge is 2.28. The van der Waals surface area contributed by atoms with Gasteiger partial charge in [-0.25, -0.2) is 4.98 Å². The second-order valence-corrected chi connectivity index (χ2v) is 8.12. The summed E-state index contributed by atoms with van der Waals surface area (Å²) in [6.45, 7) is 0.230. The van der Waals surface area contributed by atoms with E-state index in [9.17, 15) is 14.7 Å². The number of pyridine rings is 1. The van der Waals surface area contributed by atoms with Gasteiger partial charge in [0.25, 0.3) is 11.5 Å². The molecule has 3 N–H and O–H groups in total. The second kappa shape index (κ2) is 7.82. The minimum absolute atomic E-state index is 0.230. The first-order valence-corrected chi connectivity index (χ1v) is 10.1. The Morgan fingerprint density at radius 3 is 2.79 bits per heavy atom. The standard InChI is InChI=1S/C20H20Cl2N4O3/c1-26-18-17(20(29)25-26)12(9-15(24-18)10-2-3-10)19(28)23-7-6-16(27)11-4-5-13(21)14(22)8-11/h4-5,8-10,16,27H,2-3,6-7H2,1H3,(H,23,28)(H,25,29). The Balaban J connectivity index is 1.50. The van der Waals surface area contributed by atoms with Crippen molar-refractivity contribution in [3.8, 4) is 0 Å². The number of benzene rings is 1. The van der Waals surface area contributed by atoms with Crippen LogP contribution < -0.4 is 10.9 Å². The first kappa shape index (κ1) is 19.9. The number of aliphatic hydroxyl groups excluding tert-OH is 1. The summed E-state index contributed by atoms with van der Waals surface area (Å²) in [5.41, 5.74) is 1.88. The zero-order valence-corrected chi connectivity index (χ0v) is 17.2. The number of carbonyl (C=O) groups excluding carboxylic acids is 1. The van der Waals surface area contributed by atoms with Gasteiger partial charge in [0, 0.05) is 25.2 Å². The van der Waals surface area contributed by atoms with Crippen LogP contribution in [0.4, 0.5) is 0 Å². The summed E-state index contributed by atoms with van der Waals surface area (Å²) in [6.07, 6.45) is 1.56. The molecule has 29 heavy (non-hydrogen) atoms. The van der Waals surface area contributed by atoms with Gasteiger partial charge in [-0.05, 0) is 43.0 Å². The van der Waals surface area contributed by atoms with Gasteiger partial charge in [0.2, 0.25) is 0 Å². The molecule has 3 aromatic rings. The number of carbonyl (C=O) groups is 1. The van der Waals surface area contributed by atoms with Crippen LogP contribution in [0.25, 0.3) is 11.0 Å². The minimum atomic E-state index is -0.801. The number of aromatic nitrogens is 3. The number of nitrogens with zero attached hydrogens (tertiary/aromatic N) is 2. The first-order chi connectivity index (χ1) is 13.8. The molecule has 0 spiro atoms. The van der Waals surface area contributed by atoms with Gasteiger partial charge in [0.1, 0.15) is 0 Å². The molecular formula is C20H20Cl2N4O3. The summed E-state index contributed by atoms with van der Waals surface area (Å²) >= 11 is 11.9. The molecule has 2 heterocycles. The van der Waals surface area contributed by atoms with Gasteiger partial charge in [0.05, 0.1) is 27.1 Å². The van der Waals surface area contributed by atoms with E-state index in [1.54, 1.807) is 31.3 Å². The highest BCUT2D eigenvalue weighted by molar-refractivity contribution is 6.42. The number of amides is 1. The second-order valence-electron chi connectivity index (χ2n) is 7.30. The van der Waals surface area contributed by atoms with E-state index in [-0.39, 0.29) is 23.4 Å². The maximum atomic E-state index is 12.8. The molecule has 7 nitrogen and oxygen atoms in total. The van der Waals surface area contributed by atoms with Crippen molar-refractivity contribution in [3.63, 3.8) is 0 Å². The fourth-order valence-corrected chi connectivity index (χ4v) is 3.66. The number of aromatic amines is 1. The molecule has 4 rings (SSSR count). The average Bonchev–Trinajstić information content (AvgIpc) is 3.50. The Labute approximate surface area is 176 Å². The SMILES string of the molecule is Cn1[nH]c(=O)c2c(C(=O)NCCC(O)c3ccc(Cl)c(Cl)c3)cc(C3CC3)nc21. The number of aliphatic hydroxyl groups is 1. The van der Waals surface area contributed by atoms with Gasteiger partial charge < -0.3 is 10.4 Å². The third-order valence-corrected chi connectivity index (χ3v) is 5.85. The molecule has 0 bridgehead atoms. The molecule has 0 aliphatic heterocycles. The molecule has 9 heteroatoms. The van der Waals surface area contributed by atoms with E-state index in [4.69, 9.17) is 23.2 Å². The molecule has 1 fully saturated rings. The smallest absolute Gasteiger partial charge is 0.274 e. The lowest BCUT2D eigenvalue weighted by atomic mass is 10.1. The predicted octanol–water partition coefficient (Wildman–Crippen LogP) is 3.30. The summed E-state index contributed by atoms with van der Waals surface area (Å²) in [6, 6.07) is 6.63. The van der Waals surface area contributed by atoms with Crippen LogP contribution in [-0.4, -0.2) is 32.3 Å². The topological polar surface area (TPSA) is 100 Å². The molecule has 0 radical (unpaired) electrons. The van der Waals surface area contributed by atoms with Crippen molar-refractivity contribution >= 4 is 40.1 Å². The summed E-state index contributed by atoms with van der Waals surface area (Å²) in [4.78, 5) is 29.7. The van der Waals surface area contributed by atoms with Crippen molar-refractivity contribution in [2.45, 2.75) is 31.3 Å². The van der Waals surface area contributed by atoms with E-state index in [1.165, 1.54) is 4.68 Å². The maximum Gasteiger partial charge on any atom is 0.274 e. The Kier molecular flexibility index (Phi) is 5.38. The average molecular weight is 435 g/mol. The van der Waals surface area contributed by atoms with Crippen LogP contribution in [0.2, 0.25) is 10.0 Å². The van der Waals surface area contributed by atoms with Crippen molar-refractivity contribution in [3.05, 3.63) is 61.5 Å². The van der Waals surface area contributed by atoms with E-state index in [0.29, 0.717) is 39.2 Å². The maximum absolute atomic E-state index is 12.8. The van der Waals surface area contributed by atoms with Gasteiger partial charge in [0.15, 0.2) is 5.65 Å². The van der Waals surface area contributed by atoms with Gasteiger partial charge in [-0.1, -0.05) is 29.3 Å². The zero-order valence-electron chi connectivity index (χ0n) is 15.7.